The second-order valence-corrected chi connectivity index (χ2v) is 9.53. The average Bonchev–Trinajstić information content (AvgIpc) is 2.78. The number of hydrogen-bond acceptors (Lipinski definition) is 6. The highest BCUT2D eigenvalue weighted by Crippen LogP contribution is 2.36. The molecule has 35 heavy (non-hydrogen) atoms. The van der Waals surface area contributed by atoms with Crippen LogP contribution in [0.2, 0.25) is 5.02 Å². The van der Waals surface area contributed by atoms with Gasteiger partial charge in [-0.2, -0.15) is 13.2 Å². The maximum atomic E-state index is 13.1. The van der Waals surface area contributed by atoms with Crippen molar-refractivity contribution in [3.63, 3.8) is 0 Å². The van der Waals surface area contributed by atoms with Crippen LogP contribution in [-0.4, -0.2) is 53.9 Å². The number of esters is 1. The summed E-state index contributed by atoms with van der Waals surface area (Å²) < 4.78 is 49.7. The zero-order chi connectivity index (χ0) is 25.6. The fraction of sp³-hybridized carbons (Fsp3) is 0.480. The van der Waals surface area contributed by atoms with Gasteiger partial charge in [-0.25, -0.2) is 0 Å². The fourth-order valence-corrected chi connectivity index (χ4v) is 3.95. The molecule has 6 nitrogen and oxygen atoms in total. The molecule has 192 valence electrons. The molecule has 1 atom stereocenters. The minimum absolute atomic E-state index is 0.137. The molecule has 3 rings (SSSR count). The van der Waals surface area contributed by atoms with E-state index >= 15 is 0 Å². The maximum Gasteiger partial charge on any atom is 0.416 e. The number of rotatable bonds is 9. The Labute approximate surface area is 208 Å². The van der Waals surface area contributed by atoms with Crippen molar-refractivity contribution in [2.75, 3.05) is 26.2 Å². The number of likely N-dealkylation sites (tertiary alicyclic amines) is 1. The van der Waals surface area contributed by atoms with Gasteiger partial charge >= 0.3 is 12.1 Å². The number of hydrogen-bond donors (Lipinski definition) is 2. The zero-order valence-electron chi connectivity index (χ0n) is 19.7. The van der Waals surface area contributed by atoms with Crippen LogP contribution in [0.5, 0.6) is 11.5 Å². The van der Waals surface area contributed by atoms with Crippen molar-refractivity contribution in [1.82, 2.24) is 10.2 Å². The lowest BCUT2D eigenvalue weighted by molar-refractivity contribution is -0.137. The number of carbonyl (C=O) groups is 1. The summed E-state index contributed by atoms with van der Waals surface area (Å²) in [6, 6.07) is 10.6. The van der Waals surface area contributed by atoms with Gasteiger partial charge in [0.15, 0.2) is 11.5 Å². The van der Waals surface area contributed by atoms with Crippen molar-refractivity contribution in [2.24, 2.45) is 0 Å². The minimum atomic E-state index is -4.58. The molecule has 0 unspecified atom stereocenters. The highest BCUT2D eigenvalue weighted by Gasteiger charge is 2.32. The largest absolute Gasteiger partial charge is 0.487 e. The first kappa shape index (κ1) is 27.3. The lowest BCUT2D eigenvalue weighted by atomic mass is 10.0. The van der Waals surface area contributed by atoms with E-state index in [0.717, 1.165) is 57.6 Å². The van der Waals surface area contributed by atoms with Crippen molar-refractivity contribution in [2.45, 2.75) is 51.1 Å². The zero-order valence-corrected chi connectivity index (χ0v) is 20.5. The first-order valence-corrected chi connectivity index (χ1v) is 11.7. The molecule has 0 bridgehead atoms. The minimum Gasteiger partial charge on any atom is -0.487 e. The summed E-state index contributed by atoms with van der Waals surface area (Å²) in [5.74, 6) is -1.08. The van der Waals surface area contributed by atoms with Crippen LogP contribution >= 0.6 is 11.6 Å². The molecule has 0 saturated carbocycles. The number of carbonyl (C=O) groups excluding carboxylic acids is 1. The number of ether oxygens (including phenoxy) is 2. The third-order valence-electron chi connectivity index (χ3n) is 5.74. The SMILES string of the molecule is CC(=O)Oc1ccc(C(F)(F)F)cc1OC[C@@](C)(O)CNC1CCN(Cc2ccc(Cl)cc2)CC1. The monoisotopic (exact) mass is 514 g/mol. The summed E-state index contributed by atoms with van der Waals surface area (Å²) in [5.41, 5.74) is -1.10. The highest BCUT2D eigenvalue weighted by atomic mass is 35.5. The number of nitrogens with one attached hydrogen (secondary N) is 1. The van der Waals surface area contributed by atoms with Gasteiger partial charge in [-0.15, -0.1) is 0 Å². The number of aliphatic hydroxyl groups is 1. The van der Waals surface area contributed by atoms with Crippen molar-refractivity contribution < 1.29 is 32.5 Å². The molecule has 1 aliphatic rings. The second-order valence-electron chi connectivity index (χ2n) is 9.10. The van der Waals surface area contributed by atoms with Crippen LogP contribution in [0.15, 0.2) is 42.5 Å². The van der Waals surface area contributed by atoms with E-state index in [-0.39, 0.29) is 30.7 Å². The third-order valence-corrected chi connectivity index (χ3v) is 5.99. The summed E-state index contributed by atoms with van der Waals surface area (Å²) in [6.07, 6.45) is -2.79. The second kappa shape index (κ2) is 11.6. The predicted molar refractivity (Wildman–Crippen MR) is 127 cm³/mol. The molecule has 0 amide bonds. The Bertz CT molecular complexity index is 991. The third kappa shape index (κ3) is 8.68. The van der Waals surface area contributed by atoms with E-state index < -0.39 is 23.3 Å². The molecule has 0 spiro atoms. The van der Waals surface area contributed by atoms with E-state index in [1.807, 2.05) is 24.3 Å². The Morgan fingerprint density at radius 1 is 1.14 bits per heavy atom. The number of nitrogens with zero attached hydrogens (tertiary/aromatic N) is 1. The van der Waals surface area contributed by atoms with Crippen LogP contribution in [0, 0.1) is 0 Å². The topological polar surface area (TPSA) is 71.0 Å². The van der Waals surface area contributed by atoms with E-state index in [0.29, 0.717) is 5.02 Å². The molecule has 1 aliphatic heterocycles. The smallest absolute Gasteiger partial charge is 0.416 e. The van der Waals surface area contributed by atoms with Crippen molar-refractivity contribution in [1.29, 1.82) is 0 Å². The molecular weight excluding hydrogens is 485 g/mol. The summed E-state index contributed by atoms with van der Waals surface area (Å²) in [6.45, 7) is 5.22. The number of benzene rings is 2. The number of piperidine rings is 1. The maximum absolute atomic E-state index is 13.1. The van der Waals surface area contributed by atoms with Crippen molar-refractivity contribution in [3.05, 3.63) is 58.6 Å². The molecule has 2 aromatic rings. The van der Waals surface area contributed by atoms with Gasteiger partial charge in [-0.1, -0.05) is 23.7 Å². The Morgan fingerprint density at radius 3 is 2.40 bits per heavy atom. The molecule has 1 heterocycles. The normalized spacial score (nSPS) is 17.1. The van der Waals surface area contributed by atoms with Gasteiger partial charge in [0.05, 0.1) is 5.56 Å². The number of halogens is 4. The summed E-state index contributed by atoms with van der Waals surface area (Å²) in [5, 5.41) is 14.8. The van der Waals surface area contributed by atoms with Gasteiger partial charge in [-0.05, 0) is 68.8 Å². The van der Waals surface area contributed by atoms with Crippen LogP contribution in [0.4, 0.5) is 13.2 Å². The molecule has 0 aliphatic carbocycles. The first-order valence-electron chi connectivity index (χ1n) is 11.4. The molecule has 1 fully saturated rings. The standard InChI is InChI=1S/C25H30ClF3N2O4/c1-17(32)35-22-8-5-19(25(27,28)29)13-23(22)34-16-24(2,33)15-30-21-9-11-31(12-10-21)14-18-3-6-20(26)7-4-18/h3-8,13,21,30,33H,9-12,14-16H2,1-2H3/t24-/m0/s1. The summed E-state index contributed by atoms with van der Waals surface area (Å²) >= 11 is 5.94. The Morgan fingerprint density at radius 2 is 1.80 bits per heavy atom. The molecule has 10 heteroatoms. The van der Waals surface area contributed by atoms with Crippen LogP contribution in [0.1, 0.15) is 37.8 Å². The van der Waals surface area contributed by atoms with Crippen LogP contribution < -0.4 is 14.8 Å². The summed E-state index contributed by atoms with van der Waals surface area (Å²) in [4.78, 5) is 13.7. The van der Waals surface area contributed by atoms with Crippen LogP contribution in [-0.2, 0) is 17.5 Å². The lowest BCUT2D eigenvalue weighted by Gasteiger charge is -2.34. The van der Waals surface area contributed by atoms with Crippen LogP contribution in [0.3, 0.4) is 0 Å². The fourth-order valence-electron chi connectivity index (χ4n) is 3.83. The highest BCUT2D eigenvalue weighted by molar-refractivity contribution is 6.30. The molecule has 2 aromatic carbocycles. The Balaban J connectivity index is 1.49. The van der Waals surface area contributed by atoms with Crippen molar-refractivity contribution >= 4 is 17.6 Å². The molecule has 2 N–H and O–H groups in total. The Hall–Kier alpha value is -2.33. The van der Waals surface area contributed by atoms with Gasteiger partial charge in [-0.3, -0.25) is 9.69 Å². The number of alkyl halides is 3. The van der Waals surface area contributed by atoms with E-state index in [4.69, 9.17) is 21.1 Å². The van der Waals surface area contributed by atoms with Gasteiger partial charge in [0.1, 0.15) is 12.2 Å². The predicted octanol–water partition coefficient (Wildman–Crippen LogP) is 4.67. The van der Waals surface area contributed by atoms with Gasteiger partial charge in [0.25, 0.3) is 0 Å². The summed E-state index contributed by atoms with van der Waals surface area (Å²) in [7, 11) is 0. The Kier molecular flexibility index (Phi) is 9.04. The quantitative estimate of drug-likeness (QED) is 0.374. The van der Waals surface area contributed by atoms with E-state index in [1.54, 1.807) is 0 Å². The molecule has 0 radical (unpaired) electrons. The first-order chi connectivity index (χ1) is 16.4. The van der Waals surface area contributed by atoms with E-state index in [1.165, 1.54) is 12.5 Å². The molecular formula is C25H30ClF3N2O4. The van der Waals surface area contributed by atoms with E-state index in [2.05, 4.69) is 10.2 Å². The molecule has 1 saturated heterocycles. The van der Waals surface area contributed by atoms with Gasteiger partial charge < -0.3 is 19.9 Å². The van der Waals surface area contributed by atoms with Gasteiger partial charge in [0, 0.05) is 31.1 Å². The molecule has 0 aromatic heterocycles. The lowest BCUT2D eigenvalue weighted by Crippen LogP contribution is -2.49. The average molecular weight is 515 g/mol. The van der Waals surface area contributed by atoms with E-state index in [9.17, 15) is 23.1 Å². The van der Waals surface area contributed by atoms with Gasteiger partial charge in [0.2, 0.25) is 0 Å². The van der Waals surface area contributed by atoms with Crippen molar-refractivity contribution in [3.8, 4) is 11.5 Å². The van der Waals surface area contributed by atoms with Crippen LogP contribution in [0.25, 0.3) is 0 Å².